The minimum Gasteiger partial charge on any atom is -0.494 e. The van der Waals surface area contributed by atoms with E-state index >= 15 is 0 Å². The van der Waals surface area contributed by atoms with Gasteiger partial charge in [0.15, 0.2) is 11.6 Å². The third-order valence-electron chi connectivity index (χ3n) is 3.56. The van der Waals surface area contributed by atoms with Crippen LogP contribution in [0.5, 0.6) is 5.75 Å². The molecule has 17 heavy (non-hydrogen) atoms. The van der Waals surface area contributed by atoms with E-state index < -0.39 is 0 Å². The van der Waals surface area contributed by atoms with Crippen molar-refractivity contribution in [3.05, 3.63) is 29.6 Å². The highest BCUT2D eigenvalue weighted by Gasteiger charge is 2.23. The second-order valence-electron chi connectivity index (χ2n) is 4.69. The summed E-state index contributed by atoms with van der Waals surface area (Å²) in [5, 5.41) is -0.0734. The molecular formula is C14H18ClFO. The average Bonchev–Trinajstić information content (AvgIpc) is 2.39. The van der Waals surface area contributed by atoms with Gasteiger partial charge in [0.1, 0.15) is 0 Å². The van der Waals surface area contributed by atoms with Crippen molar-refractivity contribution in [1.29, 1.82) is 0 Å². The van der Waals surface area contributed by atoms with Gasteiger partial charge in [-0.1, -0.05) is 25.3 Å². The molecule has 0 amide bonds. The Hall–Kier alpha value is -0.760. The lowest BCUT2D eigenvalue weighted by Gasteiger charge is -2.26. The van der Waals surface area contributed by atoms with Gasteiger partial charge < -0.3 is 4.74 Å². The van der Waals surface area contributed by atoms with E-state index in [0.29, 0.717) is 5.92 Å². The third kappa shape index (κ3) is 2.92. The molecule has 1 aliphatic rings. The van der Waals surface area contributed by atoms with Gasteiger partial charge in [0.2, 0.25) is 0 Å². The predicted octanol–water partition coefficient (Wildman–Crippen LogP) is 4.69. The summed E-state index contributed by atoms with van der Waals surface area (Å²) in [6.45, 7) is 0. The minimum absolute atomic E-state index is 0.0734. The van der Waals surface area contributed by atoms with E-state index in [1.807, 2.05) is 6.07 Å². The van der Waals surface area contributed by atoms with E-state index in [0.717, 1.165) is 18.4 Å². The number of halogens is 2. The number of benzene rings is 1. The summed E-state index contributed by atoms with van der Waals surface area (Å²) in [7, 11) is 1.47. The van der Waals surface area contributed by atoms with E-state index in [9.17, 15) is 4.39 Å². The maximum atomic E-state index is 13.6. The van der Waals surface area contributed by atoms with Crippen molar-refractivity contribution in [2.45, 2.75) is 37.5 Å². The SMILES string of the molecule is COc1ccc(C(Cl)C2CCCCC2)cc1F. The summed E-state index contributed by atoms with van der Waals surface area (Å²) < 4.78 is 18.5. The van der Waals surface area contributed by atoms with Crippen molar-refractivity contribution in [3.63, 3.8) is 0 Å². The average molecular weight is 257 g/mol. The largest absolute Gasteiger partial charge is 0.494 e. The van der Waals surface area contributed by atoms with Crippen LogP contribution in [0.15, 0.2) is 18.2 Å². The zero-order valence-corrected chi connectivity index (χ0v) is 10.8. The van der Waals surface area contributed by atoms with Crippen LogP contribution >= 0.6 is 11.6 Å². The van der Waals surface area contributed by atoms with Crippen LogP contribution in [-0.4, -0.2) is 7.11 Å². The summed E-state index contributed by atoms with van der Waals surface area (Å²) >= 11 is 6.45. The van der Waals surface area contributed by atoms with Crippen molar-refractivity contribution < 1.29 is 9.13 Å². The normalized spacial score (nSPS) is 19.0. The quantitative estimate of drug-likeness (QED) is 0.713. The van der Waals surface area contributed by atoms with Crippen molar-refractivity contribution in [3.8, 4) is 5.75 Å². The summed E-state index contributed by atoms with van der Waals surface area (Å²) in [5.41, 5.74) is 0.872. The molecule has 0 spiro atoms. The first-order valence-electron chi connectivity index (χ1n) is 6.20. The molecule has 0 aliphatic heterocycles. The third-order valence-corrected chi connectivity index (χ3v) is 4.17. The molecular weight excluding hydrogens is 239 g/mol. The van der Waals surface area contributed by atoms with Crippen LogP contribution in [0, 0.1) is 11.7 Å². The monoisotopic (exact) mass is 256 g/mol. The van der Waals surface area contributed by atoms with Gasteiger partial charge in [0.25, 0.3) is 0 Å². The Labute approximate surface area is 107 Å². The number of hydrogen-bond donors (Lipinski definition) is 0. The van der Waals surface area contributed by atoms with Crippen LogP contribution in [0.3, 0.4) is 0 Å². The summed E-state index contributed by atoms with van der Waals surface area (Å²) in [5.74, 6) is 0.436. The molecule has 94 valence electrons. The molecule has 0 saturated heterocycles. The first-order chi connectivity index (χ1) is 8.22. The van der Waals surface area contributed by atoms with Crippen LogP contribution in [0.1, 0.15) is 43.0 Å². The standard InChI is InChI=1S/C14H18ClFO/c1-17-13-8-7-11(9-12(13)16)14(15)10-5-3-2-4-6-10/h7-10,14H,2-6H2,1H3. The molecule has 0 heterocycles. The Balaban J connectivity index is 2.12. The molecule has 1 atom stereocenters. The van der Waals surface area contributed by atoms with Crippen molar-refractivity contribution >= 4 is 11.6 Å². The smallest absolute Gasteiger partial charge is 0.165 e. The van der Waals surface area contributed by atoms with Gasteiger partial charge in [-0.25, -0.2) is 4.39 Å². The molecule has 0 bridgehead atoms. The number of rotatable bonds is 3. The second kappa shape index (κ2) is 5.72. The Morgan fingerprint density at radius 3 is 2.59 bits per heavy atom. The molecule has 1 aromatic rings. The highest BCUT2D eigenvalue weighted by Crippen LogP contribution is 2.39. The van der Waals surface area contributed by atoms with E-state index in [1.165, 1.54) is 32.4 Å². The Bertz CT molecular complexity index is 374. The molecule has 1 aromatic carbocycles. The van der Waals surface area contributed by atoms with E-state index in [4.69, 9.17) is 16.3 Å². The molecule has 1 unspecified atom stereocenters. The van der Waals surface area contributed by atoms with Crippen LogP contribution < -0.4 is 4.74 Å². The van der Waals surface area contributed by atoms with Crippen LogP contribution in [-0.2, 0) is 0 Å². The van der Waals surface area contributed by atoms with Gasteiger partial charge in [-0.15, -0.1) is 11.6 Å². The maximum absolute atomic E-state index is 13.6. The topological polar surface area (TPSA) is 9.23 Å². The molecule has 0 N–H and O–H groups in total. The van der Waals surface area contributed by atoms with Gasteiger partial charge in [-0.2, -0.15) is 0 Å². The van der Waals surface area contributed by atoms with Gasteiger partial charge in [-0.3, -0.25) is 0 Å². The van der Waals surface area contributed by atoms with Crippen molar-refractivity contribution in [2.75, 3.05) is 7.11 Å². The molecule has 1 nitrogen and oxygen atoms in total. The number of methoxy groups -OCH3 is 1. The Kier molecular flexibility index (Phi) is 4.27. The second-order valence-corrected chi connectivity index (χ2v) is 5.16. The fourth-order valence-corrected chi connectivity index (χ4v) is 2.94. The molecule has 0 aromatic heterocycles. The van der Waals surface area contributed by atoms with Crippen LogP contribution in [0.2, 0.25) is 0 Å². The molecule has 1 fully saturated rings. The van der Waals surface area contributed by atoms with Crippen molar-refractivity contribution in [2.24, 2.45) is 5.92 Å². The maximum Gasteiger partial charge on any atom is 0.165 e. The fraction of sp³-hybridized carbons (Fsp3) is 0.571. The molecule has 1 aliphatic carbocycles. The number of ether oxygens (including phenoxy) is 1. The molecule has 0 radical (unpaired) electrons. The highest BCUT2D eigenvalue weighted by molar-refractivity contribution is 6.21. The predicted molar refractivity (Wildman–Crippen MR) is 68.1 cm³/mol. The minimum atomic E-state index is -0.327. The zero-order chi connectivity index (χ0) is 12.3. The first-order valence-corrected chi connectivity index (χ1v) is 6.63. The molecule has 2 rings (SSSR count). The first kappa shape index (κ1) is 12.7. The Morgan fingerprint density at radius 1 is 1.29 bits per heavy atom. The van der Waals surface area contributed by atoms with Gasteiger partial charge >= 0.3 is 0 Å². The Morgan fingerprint density at radius 2 is 2.00 bits per heavy atom. The van der Waals surface area contributed by atoms with Crippen molar-refractivity contribution in [1.82, 2.24) is 0 Å². The highest BCUT2D eigenvalue weighted by atomic mass is 35.5. The number of hydrogen-bond acceptors (Lipinski definition) is 1. The van der Waals surface area contributed by atoms with Crippen LogP contribution in [0.25, 0.3) is 0 Å². The van der Waals surface area contributed by atoms with E-state index in [-0.39, 0.29) is 16.9 Å². The summed E-state index contributed by atoms with van der Waals surface area (Å²) in [6.07, 6.45) is 6.10. The van der Waals surface area contributed by atoms with E-state index in [1.54, 1.807) is 6.07 Å². The van der Waals surface area contributed by atoms with Gasteiger partial charge in [-0.05, 0) is 36.5 Å². The molecule has 3 heteroatoms. The summed E-state index contributed by atoms with van der Waals surface area (Å²) in [6, 6.07) is 5.03. The lowest BCUT2D eigenvalue weighted by atomic mass is 9.84. The summed E-state index contributed by atoms with van der Waals surface area (Å²) in [4.78, 5) is 0. The van der Waals surface area contributed by atoms with Gasteiger partial charge in [0, 0.05) is 0 Å². The van der Waals surface area contributed by atoms with Crippen LogP contribution in [0.4, 0.5) is 4.39 Å². The van der Waals surface area contributed by atoms with Gasteiger partial charge in [0.05, 0.1) is 12.5 Å². The fourth-order valence-electron chi connectivity index (χ4n) is 2.55. The molecule has 1 saturated carbocycles. The lowest BCUT2D eigenvalue weighted by Crippen LogP contribution is -2.12. The number of alkyl halides is 1. The zero-order valence-electron chi connectivity index (χ0n) is 10.1. The lowest BCUT2D eigenvalue weighted by molar-refractivity contribution is 0.347. The van der Waals surface area contributed by atoms with E-state index in [2.05, 4.69) is 0 Å².